The fourth-order valence-corrected chi connectivity index (χ4v) is 4.64. The molecule has 0 aromatic heterocycles. The highest BCUT2D eigenvalue weighted by atomic mass is 32.2. The Hall–Kier alpha value is -2.90. The molecule has 0 atom stereocenters. The lowest BCUT2D eigenvalue weighted by Crippen LogP contribution is -2.35. The van der Waals surface area contributed by atoms with Gasteiger partial charge in [-0.15, -0.1) is 0 Å². The molecule has 0 unspecified atom stereocenters. The molecule has 156 valence electrons. The summed E-state index contributed by atoms with van der Waals surface area (Å²) in [6.45, 7) is 3.13. The minimum absolute atomic E-state index is 0.258. The summed E-state index contributed by atoms with van der Waals surface area (Å²) in [6, 6.07) is 17.1. The maximum atomic E-state index is 13.2. The van der Waals surface area contributed by atoms with E-state index in [4.69, 9.17) is 4.74 Å². The summed E-state index contributed by atoms with van der Waals surface area (Å²) < 4.78 is 31.0. The van der Waals surface area contributed by atoms with E-state index in [0.717, 1.165) is 21.9 Å². The second-order valence-corrected chi connectivity index (χ2v) is 9.36. The highest BCUT2D eigenvalue weighted by molar-refractivity contribution is 7.88. The fraction of sp³-hybridized carbons (Fsp3) is 0.261. The van der Waals surface area contributed by atoms with Crippen LogP contribution in [0.2, 0.25) is 0 Å². The molecule has 0 bridgehead atoms. The van der Waals surface area contributed by atoms with Gasteiger partial charge in [-0.25, -0.2) is 8.42 Å². The van der Waals surface area contributed by atoms with Crippen molar-refractivity contribution in [2.24, 2.45) is 0 Å². The third-order valence-electron chi connectivity index (χ3n) is 5.33. The number of ether oxygens (including phenoxy) is 1. The zero-order valence-electron chi connectivity index (χ0n) is 17.0. The van der Waals surface area contributed by atoms with Crippen molar-refractivity contribution in [1.82, 2.24) is 4.31 Å². The van der Waals surface area contributed by atoms with Gasteiger partial charge in [0.1, 0.15) is 5.75 Å². The van der Waals surface area contributed by atoms with Gasteiger partial charge in [-0.05, 0) is 53.4 Å². The van der Waals surface area contributed by atoms with Crippen molar-refractivity contribution in [3.05, 3.63) is 71.3 Å². The molecule has 4 rings (SSSR count). The number of hydrogen-bond donors (Lipinski definition) is 1. The van der Waals surface area contributed by atoms with E-state index < -0.39 is 10.0 Å². The van der Waals surface area contributed by atoms with Crippen LogP contribution >= 0.6 is 0 Å². The molecule has 0 spiro atoms. The molecule has 0 saturated carbocycles. The molecule has 0 aliphatic carbocycles. The monoisotopic (exact) mass is 424 g/mol. The Morgan fingerprint density at radius 1 is 1.10 bits per heavy atom. The van der Waals surface area contributed by atoms with Crippen LogP contribution in [0.3, 0.4) is 0 Å². The normalized spacial score (nSPS) is 14.3. The van der Waals surface area contributed by atoms with E-state index in [-0.39, 0.29) is 5.91 Å². The first-order chi connectivity index (χ1) is 14.4. The number of carbonyl (C=O) groups excluding carboxylic acids is 1. The van der Waals surface area contributed by atoms with Gasteiger partial charge in [-0.2, -0.15) is 4.31 Å². The Morgan fingerprint density at radius 3 is 2.67 bits per heavy atom. The van der Waals surface area contributed by atoms with E-state index in [1.807, 2.05) is 61.5 Å². The van der Waals surface area contributed by atoms with Crippen LogP contribution in [0.1, 0.15) is 28.4 Å². The minimum Gasteiger partial charge on any atom is -0.493 e. The van der Waals surface area contributed by atoms with Crippen molar-refractivity contribution in [3.63, 3.8) is 0 Å². The number of anilines is 1. The maximum absolute atomic E-state index is 13.2. The number of nitrogens with one attached hydrogen (secondary N) is 1. The molecular weight excluding hydrogens is 400 g/mol. The first-order valence-electron chi connectivity index (χ1n) is 9.89. The number of benzene rings is 3. The van der Waals surface area contributed by atoms with E-state index in [0.29, 0.717) is 43.1 Å². The highest BCUT2D eigenvalue weighted by Gasteiger charge is 2.24. The predicted octanol–water partition coefficient (Wildman–Crippen LogP) is 3.81. The summed E-state index contributed by atoms with van der Waals surface area (Å²) in [5, 5.41) is 4.75. The topological polar surface area (TPSA) is 75.7 Å². The van der Waals surface area contributed by atoms with Crippen LogP contribution in [-0.4, -0.2) is 38.0 Å². The largest absolute Gasteiger partial charge is 0.493 e. The number of carbonyl (C=O) groups is 1. The van der Waals surface area contributed by atoms with Gasteiger partial charge in [0.2, 0.25) is 10.0 Å². The Balaban J connectivity index is 1.66. The molecule has 30 heavy (non-hydrogen) atoms. The van der Waals surface area contributed by atoms with Gasteiger partial charge >= 0.3 is 0 Å². The van der Waals surface area contributed by atoms with Gasteiger partial charge in [-0.1, -0.05) is 36.4 Å². The number of nitrogens with zero attached hydrogens (tertiary/aromatic N) is 1. The van der Waals surface area contributed by atoms with Gasteiger partial charge in [0, 0.05) is 18.8 Å². The smallest absolute Gasteiger partial charge is 0.260 e. The number of hydrogen-bond acceptors (Lipinski definition) is 4. The van der Waals surface area contributed by atoms with Crippen molar-refractivity contribution in [3.8, 4) is 5.75 Å². The van der Waals surface area contributed by atoms with Gasteiger partial charge < -0.3 is 10.1 Å². The lowest BCUT2D eigenvalue weighted by Gasteiger charge is -2.27. The van der Waals surface area contributed by atoms with Gasteiger partial charge in [0.05, 0.1) is 18.4 Å². The van der Waals surface area contributed by atoms with Crippen molar-refractivity contribution >= 4 is 32.4 Å². The summed E-state index contributed by atoms with van der Waals surface area (Å²) in [5.41, 5.74) is 3.13. The van der Waals surface area contributed by atoms with E-state index >= 15 is 0 Å². The summed E-state index contributed by atoms with van der Waals surface area (Å²) in [7, 11) is -3.25. The summed E-state index contributed by atoms with van der Waals surface area (Å²) in [5.74, 6) is 0.279. The zero-order chi connectivity index (χ0) is 21.3. The highest BCUT2D eigenvalue weighted by Crippen LogP contribution is 2.30. The Morgan fingerprint density at radius 2 is 1.90 bits per heavy atom. The molecule has 7 heteroatoms. The molecule has 1 heterocycles. The van der Waals surface area contributed by atoms with Crippen LogP contribution in [0, 0.1) is 0 Å². The number of fused-ring (bicyclic) bond motifs is 2. The van der Waals surface area contributed by atoms with Crippen molar-refractivity contribution in [1.29, 1.82) is 0 Å². The lowest BCUT2D eigenvalue weighted by molar-refractivity contribution is 0.102. The molecule has 1 aliphatic heterocycles. The lowest BCUT2D eigenvalue weighted by atomic mass is 10.00. The van der Waals surface area contributed by atoms with E-state index in [1.54, 1.807) is 0 Å². The minimum atomic E-state index is -3.25. The Bertz CT molecular complexity index is 1220. The van der Waals surface area contributed by atoms with Gasteiger partial charge in [-0.3, -0.25) is 4.79 Å². The van der Waals surface area contributed by atoms with Crippen LogP contribution in [-0.2, 0) is 23.0 Å². The molecule has 0 fully saturated rings. The predicted molar refractivity (Wildman–Crippen MR) is 118 cm³/mol. The second-order valence-electron chi connectivity index (χ2n) is 7.38. The molecule has 6 nitrogen and oxygen atoms in total. The molecule has 0 radical (unpaired) electrons. The number of rotatable bonds is 5. The summed E-state index contributed by atoms with van der Waals surface area (Å²) in [6.07, 6.45) is 1.88. The number of sulfonamides is 1. The molecule has 0 saturated heterocycles. The fourth-order valence-electron chi connectivity index (χ4n) is 3.85. The van der Waals surface area contributed by atoms with E-state index in [9.17, 15) is 13.2 Å². The van der Waals surface area contributed by atoms with Crippen LogP contribution in [0.5, 0.6) is 5.75 Å². The molecule has 1 aliphatic rings. The van der Waals surface area contributed by atoms with Crippen molar-refractivity contribution in [2.75, 3.05) is 24.7 Å². The molecular formula is C23H24N2O4S. The van der Waals surface area contributed by atoms with Crippen LogP contribution in [0.15, 0.2) is 54.6 Å². The second kappa shape index (κ2) is 8.08. The third-order valence-corrected chi connectivity index (χ3v) is 6.58. The average molecular weight is 425 g/mol. The summed E-state index contributed by atoms with van der Waals surface area (Å²) >= 11 is 0. The molecule has 3 aromatic carbocycles. The van der Waals surface area contributed by atoms with E-state index in [1.165, 1.54) is 10.6 Å². The third kappa shape index (κ3) is 4.04. The zero-order valence-corrected chi connectivity index (χ0v) is 17.8. The van der Waals surface area contributed by atoms with Crippen LogP contribution in [0.4, 0.5) is 5.69 Å². The van der Waals surface area contributed by atoms with Crippen LogP contribution in [0.25, 0.3) is 10.8 Å². The Labute approximate surface area is 176 Å². The SMILES string of the molecule is CCOc1ccc2ccccc2c1C(=O)Nc1ccc2c(c1)CN(S(C)(=O)=O)CC2. The Kier molecular flexibility index (Phi) is 5.49. The summed E-state index contributed by atoms with van der Waals surface area (Å²) in [4.78, 5) is 13.2. The average Bonchev–Trinajstić information content (AvgIpc) is 2.72. The van der Waals surface area contributed by atoms with Gasteiger partial charge in [0.25, 0.3) is 5.91 Å². The standard InChI is InChI=1S/C23H24N2O4S/c1-3-29-21-11-9-17-6-4-5-7-20(17)22(21)23(26)24-19-10-8-16-12-13-25(30(2,27)28)15-18(16)14-19/h4-11,14H,3,12-13,15H2,1-2H3,(H,24,26). The molecule has 1 N–H and O–H groups in total. The van der Waals surface area contributed by atoms with E-state index in [2.05, 4.69) is 5.32 Å². The van der Waals surface area contributed by atoms with Gasteiger partial charge in [0.15, 0.2) is 0 Å². The van der Waals surface area contributed by atoms with Crippen LogP contribution < -0.4 is 10.1 Å². The molecule has 3 aromatic rings. The van der Waals surface area contributed by atoms with Crippen molar-refractivity contribution < 1.29 is 17.9 Å². The first kappa shape index (κ1) is 20.4. The first-order valence-corrected chi connectivity index (χ1v) is 11.7. The maximum Gasteiger partial charge on any atom is 0.260 e. The molecule has 1 amide bonds. The quantitative estimate of drug-likeness (QED) is 0.676. The number of amides is 1. The van der Waals surface area contributed by atoms with Crippen molar-refractivity contribution in [2.45, 2.75) is 19.9 Å².